The van der Waals surface area contributed by atoms with Gasteiger partial charge in [0.2, 0.25) is 21.9 Å². The lowest BCUT2D eigenvalue weighted by Crippen LogP contribution is -2.51. The van der Waals surface area contributed by atoms with Crippen molar-refractivity contribution in [2.24, 2.45) is 0 Å². The lowest BCUT2D eigenvalue weighted by atomic mass is 10.0. The molecule has 1 saturated heterocycles. The predicted molar refractivity (Wildman–Crippen MR) is 191 cm³/mol. The van der Waals surface area contributed by atoms with Gasteiger partial charge in [-0.05, 0) is 69.2 Å². The van der Waals surface area contributed by atoms with E-state index in [1.165, 1.54) is 17.0 Å². The molecule has 11 nitrogen and oxygen atoms in total. The Morgan fingerprint density at radius 1 is 0.961 bits per heavy atom. The molecule has 1 fully saturated rings. The van der Waals surface area contributed by atoms with E-state index in [2.05, 4.69) is 25.0 Å². The molecule has 5 aromatic rings. The molecule has 14 heteroatoms. The number of rotatable bonds is 9. The number of anilines is 2. The van der Waals surface area contributed by atoms with E-state index >= 15 is 4.39 Å². The Morgan fingerprint density at radius 3 is 2.49 bits per heavy atom. The Kier molecular flexibility index (Phi) is 10.1. The summed E-state index contributed by atoms with van der Waals surface area (Å²) in [5, 5.41) is 3.92. The summed E-state index contributed by atoms with van der Waals surface area (Å²) < 4.78 is 70.5. The van der Waals surface area contributed by atoms with E-state index in [1.54, 1.807) is 93.8 Å². The molecule has 2 aromatic heterocycles. The van der Waals surface area contributed by atoms with Gasteiger partial charge >= 0.3 is 6.09 Å². The van der Waals surface area contributed by atoms with E-state index in [4.69, 9.17) is 9.47 Å². The van der Waals surface area contributed by atoms with Crippen LogP contribution in [0.5, 0.6) is 11.6 Å². The second kappa shape index (κ2) is 14.5. The molecule has 1 aliphatic rings. The number of hydrogen-bond donors (Lipinski definition) is 2. The molecule has 51 heavy (non-hydrogen) atoms. The molecule has 2 N–H and O–H groups in total. The maximum atomic E-state index is 15.2. The number of aryl methyl sites for hydroxylation is 1. The van der Waals surface area contributed by atoms with Crippen molar-refractivity contribution >= 4 is 38.5 Å². The van der Waals surface area contributed by atoms with E-state index in [0.29, 0.717) is 38.9 Å². The second-order valence-corrected chi connectivity index (χ2v) is 15.1. The first-order chi connectivity index (χ1) is 24.2. The first-order valence-electron chi connectivity index (χ1n) is 16.4. The van der Waals surface area contributed by atoms with Gasteiger partial charge in [0.1, 0.15) is 23.3 Å². The number of ether oxygens (including phenoxy) is 2. The molecule has 2 unspecified atom stereocenters. The normalized spacial score (nSPS) is 16.5. The van der Waals surface area contributed by atoms with Crippen LogP contribution in [0.15, 0.2) is 85.2 Å². The van der Waals surface area contributed by atoms with Crippen molar-refractivity contribution in [3.05, 3.63) is 102 Å². The minimum atomic E-state index is -3.97. The number of fused-ring (bicyclic) bond motifs is 1. The van der Waals surface area contributed by atoms with Gasteiger partial charge in [0.15, 0.2) is 0 Å². The summed E-state index contributed by atoms with van der Waals surface area (Å²) in [5.74, 6) is -0.314. The van der Waals surface area contributed by atoms with Gasteiger partial charge in [-0.3, -0.25) is 4.72 Å². The summed E-state index contributed by atoms with van der Waals surface area (Å²) in [4.78, 5) is 27.4. The zero-order chi connectivity index (χ0) is 36.3. The van der Waals surface area contributed by atoms with E-state index < -0.39 is 39.7 Å². The number of alkyl halides is 1. The quantitative estimate of drug-likeness (QED) is 0.158. The van der Waals surface area contributed by atoms with Crippen LogP contribution in [0.4, 0.5) is 25.2 Å². The SMILES string of the molecule is Cc1ccc2c(NS(=O)(=O)Cc3ccccc3)c(F)ccc2c1Oc1ncccc1-c1ccnc(NC2CC(F)CN(C(=O)OC(C)(C)C)C2)n1. The van der Waals surface area contributed by atoms with Crippen LogP contribution in [0.25, 0.3) is 22.0 Å². The van der Waals surface area contributed by atoms with E-state index in [-0.39, 0.29) is 42.8 Å². The monoisotopic (exact) mass is 716 g/mol. The van der Waals surface area contributed by atoms with E-state index in [0.717, 1.165) is 0 Å². The zero-order valence-corrected chi connectivity index (χ0v) is 29.4. The van der Waals surface area contributed by atoms with Crippen molar-refractivity contribution in [2.45, 2.75) is 57.7 Å². The van der Waals surface area contributed by atoms with Gasteiger partial charge in [-0.2, -0.15) is 0 Å². The summed E-state index contributed by atoms with van der Waals surface area (Å²) in [6, 6.07) is 19.4. The standard InChI is InChI=1S/C37H38F2N6O5S/c1-23-12-13-27-28(14-15-30(39)32(27)44-51(47,48)22-24-9-6-5-7-10-24)33(23)49-34-29(11-8-17-40-34)31-16-18-41-35(43-31)42-26-19-25(38)20-45(21-26)36(46)50-37(2,3)4/h5-18,25-26,44H,19-22H2,1-4H3,(H,41,42,43). The third-order valence-electron chi connectivity index (χ3n) is 8.04. The lowest BCUT2D eigenvalue weighted by Gasteiger charge is -2.36. The van der Waals surface area contributed by atoms with Gasteiger partial charge in [-0.15, -0.1) is 0 Å². The molecule has 0 saturated carbocycles. The zero-order valence-electron chi connectivity index (χ0n) is 28.6. The molecular weight excluding hydrogens is 679 g/mol. The molecule has 266 valence electrons. The van der Waals surface area contributed by atoms with Gasteiger partial charge in [-0.25, -0.2) is 36.9 Å². The number of carbonyl (C=O) groups excluding carboxylic acids is 1. The van der Waals surface area contributed by atoms with Gasteiger partial charge in [-0.1, -0.05) is 42.5 Å². The molecule has 1 amide bonds. The van der Waals surface area contributed by atoms with Crippen molar-refractivity contribution in [3.8, 4) is 22.9 Å². The van der Waals surface area contributed by atoms with E-state index in [9.17, 15) is 17.6 Å². The summed E-state index contributed by atoms with van der Waals surface area (Å²) in [7, 11) is -3.97. The van der Waals surface area contributed by atoms with Crippen LogP contribution < -0.4 is 14.8 Å². The minimum absolute atomic E-state index is 0.0638. The molecule has 0 radical (unpaired) electrons. The fourth-order valence-electron chi connectivity index (χ4n) is 5.83. The van der Waals surface area contributed by atoms with Crippen LogP contribution in [0.3, 0.4) is 0 Å². The molecule has 0 spiro atoms. The highest BCUT2D eigenvalue weighted by molar-refractivity contribution is 7.91. The number of piperidine rings is 1. The number of aromatic nitrogens is 3. The highest BCUT2D eigenvalue weighted by Crippen LogP contribution is 2.40. The number of sulfonamides is 1. The average Bonchev–Trinajstić information content (AvgIpc) is 3.07. The van der Waals surface area contributed by atoms with Crippen LogP contribution in [-0.2, 0) is 20.5 Å². The molecule has 3 aromatic carbocycles. The van der Waals surface area contributed by atoms with Gasteiger partial charge in [0, 0.05) is 42.2 Å². The minimum Gasteiger partial charge on any atom is -0.444 e. The summed E-state index contributed by atoms with van der Waals surface area (Å²) in [5.41, 5.74) is 1.31. The maximum absolute atomic E-state index is 15.2. The molecular formula is C37H38F2N6O5S. The molecule has 0 aliphatic carbocycles. The average molecular weight is 717 g/mol. The number of carbonyl (C=O) groups is 1. The topological polar surface area (TPSA) is 136 Å². The highest BCUT2D eigenvalue weighted by Gasteiger charge is 2.33. The number of pyridine rings is 1. The Morgan fingerprint density at radius 2 is 1.73 bits per heavy atom. The number of amides is 1. The molecule has 1 aliphatic heterocycles. The highest BCUT2D eigenvalue weighted by atomic mass is 32.2. The van der Waals surface area contributed by atoms with Crippen LogP contribution in [0.1, 0.15) is 38.3 Å². The predicted octanol–water partition coefficient (Wildman–Crippen LogP) is 7.63. The fourth-order valence-corrected chi connectivity index (χ4v) is 7.05. The summed E-state index contributed by atoms with van der Waals surface area (Å²) >= 11 is 0. The number of likely N-dealkylation sites (tertiary alicyclic amines) is 1. The van der Waals surface area contributed by atoms with Crippen LogP contribution in [0.2, 0.25) is 0 Å². The van der Waals surface area contributed by atoms with Crippen molar-refractivity contribution in [1.29, 1.82) is 0 Å². The molecule has 2 atom stereocenters. The summed E-state index contributed by atoms with van der Waals surface area (Å²) in [6.45, 7) is 7.22. The largest absolute Gasteiger partial charge is 0.444 e. The fraction of sp³-hybridized carbons (Fsp3) is 0.297. The van der Waals surface area contributed by atoms with Crippen molar-refractivity contribution in [2.75, 3.05) is 23.1 Å². The van der Waals surface area contributed by atoms with E-state index in [1.807, 2.05) is 6.92 Å². The van der Waals surface area contributed by atoms with Crippen LogP contribution >= 0.6 is 0 Å². The first kappa shape index (κ1) is 35.5. The number of nitrogens with zero attached hydrogens (tertiary/aromatic N) is 4. The Hall–Kier alpha value is -5.37. The summed E-state index contributed by atoms with van der Waals surface area (Å²) in [6.07, 6.45) is 1.40. The van der Waals surface area contributed by atoms with Crippen LogP contribution in [-0.4, -0.2) is 65.3 Å². The first-order valence-corrected chi connectivity index (χ1v) is 18.0. The Balaban J connectivity index is 1.26. The molecule has 0 bridgehead atoms. The molecule has 6 rings (SSSR count). The van der Waals surface area contributed by atoms with Gasteiger partial charge in [0.25, 0.3) is 0 Å². The maximum Gasteiger partial charge on any atom is 0.410 e. The van der Waals surface area contributed by atoms with Crippen molar-refractivity contribution in [1.82, 2.24) is 19.9 Å². The third kappa shape index (κ3) is 8.69. The van der Waals surface area contributed by atoms with Crippen molar-refractivity contribution in [3.63, 3.8) is 0 Å². The Bertz CT molecular complexity index is 2170. The second-order valence-electron chi connectivity index (χ2n) is 13.4. The molecule has 3 heterocycles. The number of nitrogens with one attached hydrogen (secondary N) is 2. The lowest BCUT2D eigenvalue weighted by molar-refractivity contribution is 0.0124. The number of halogens is 2. The van der Waals surface area contributed by atoms with Gasteiger partial charge in [0.05, 0.1) is 29.2 Å². The smallest absolute Gasteiger partial charge is 0.410 e. The third-order valence-corrected chi connectivity index (χ3v) is 9.27. The van der Waals surface area contributed by atoms with Crippen LogP contribution in [0, 0.1) is 12.7 Å². The van der Waals surface area contributed by atoms with Crippen molar-refractivity contribution < 1.29 is 31.5 Å². The number of hydrogen-bond acceptors (Lipinski definition) is 9. The number of benzene rings is 3. The van der Waals surface area contributed by atoms with Gasteiger partial charge < -0.3 is 19.7 Å². The Labute approximate surface area is 295 Å².